The average Bonchev–Trinajstić information content (AvgIpc) is 2.47. The summed E-state index contributed by atoms with van der Waals surface area (Å²) in [4.78, 5) is 27.7. The van der Waals surface area contributed by atoms with Crippen LogP contribution in [0.25, 0.3) is 0 Å². The number of hydrogen-bond donors (Lipinski definition) is 1. The quantitative estimate of drug-likeness (QED) is 0.814. The maximum atomic E-state index is 13.1. The van der Waals surface area contributed by atoms with Crippen molar-refractivity contribution in [1.82, 2.24) is 10.2 Å². The van der Waals surface area contributed by atoms with E-state index in [1.54, 1.807) is 0 Å². The summed E-state index contributed by atoms with van der Waals surface area (Å²) in [5.41, 5.74) is -1.43. The molecule has 1 unspecified atom stereocenters. The third kappa shape index (κ3) is 2.33. The number of carbonyl (C=O) groups excluding carboxylic acids is 2. The molecule has 1 fully saturated rings. The highest BCUT2D eigenvalue weighted by Crippen LogP contribution is 2.35. The first-order chi connectivity index (χ1) is 9.36. The Kier molecular flexibility index (Phi) is 5.22. The number of carbonyl (C=O) groups is 2. The topological polar surface area (TPSA) is 49.4 Å². The number of piperazine rings is 1. The van der Waals surface area contributed by atoms with E-state index in [1.165, 1.54) is 0 Å². The Morgan fingerprint density at radius 1 is 1.00 bits per heavy atom. The van der Waals surface area contributed by atoms with Crippen LogP contribution in [0.1, 0.15) is 73.6 Å². The largest absolute Gasteiger partial charge is 0.340 e. The highest BCUT2D eigenvalue weighted by atomic mass is 16.2. The van der Waals surface area contributed by atoms with E-state index in [2.05, 4.69) is 19.2 Å². The van der Waals surface area contributed by atoms with Gasteiger partial charge in [-0.05, 0) is 39.0 Å². The van der Waals surface area contributed by atoms with Crippen LogP contribution in [0.3, 0.4) is 0 Å². The minimum absolute atomic E-state index is 0.00444. The highest BCUT2D eigenvalue weighted by Gasteiger charge is 2.55. The molecule has 0 radical (unpaired) electrons. The van der Waals surface area contributed by atoms with Crippen molar-refractivity contribution >= 4 is 11.8 Å². The van der Waals surface area contributed by atoms with Gasteiger partial charge in [-0.25, -0.2) is 0 Å². The second-order valence-corrected chi connectivity index (χ2v) is 6.02. The molecule has 1 rings (SSSR count). The second kappa shape index (κ2) is 6.15. The van der Waals surface area contributed by atoms with Crippen molar-refractivity contribution in [2.24, 2.45) is 0 Å². The molecule has 1 aliphatic rings. The summed E-state index contributed by atoms with van der Waals surface area (Å²) < 4.78 is 0. The normalized spacial score (nSPS) is 26.1. The zero-order valence-electron chi connectivity index (χ0n) is 13.9. The molecule has 116 valence electrons. The van der Waals surface area contributed by atoms with Gasteiger partial charge in [0.05, 0.1) is 0 Å². The summed E-state index contributed by atoms with van der Waals surface area (Å²) in [7, 11) is 0. The van der Waals surface area contributed by atoms with Gasteiger partial charge in [-0.1, -0.05) is 34.6 Å². The number of nitrogens with zero attached hydrogens (tertiary/aromatic N) is 1. The molecule has 1 saturated heterocycles. The van der Waals surface area contributed by atoms with Crippen molar-refractivity contribution in [2.75, 3.05) is 0 Å². The van der Waals surface area contributed by atoms with Gasteiger partial charge < -0.3 is 10.2 Å². The molecule has 4 nitrogen and oxygen atoms in total. The second-order valence-electron chi connectivity index (χ2n) is 6.02. The Hall–Kier alpha value is -1.06. The van der Waals surface area contributed by atoms with Crippen LogP contribution in [0.5, 0.6) is 0 Å². The molecule has 0 aliphatic carbocycles. The minimum Gasteiger partial charge on any atom is -0.340 e. The Morgan fingerprint density at radius 2 is 1.50 bits per heavy atom. The number of rotatable bonds is 6. The summed E-state index contributed by atoms with van der Waals surface area (Å²) in [6, 6.07) is 0.135. The first-order valence-electron chi connectivity index (χ1n) is 8.03. The van der Waals surface area contributed by atoms with Gasteiger partial charge >= 0.3 is 0 Å². The van der Waals surface area contributed by atoms with Gasteiger partial charge in [-0.3, -0.25) is 9.59 Å². The van der Waals surface area contributed by atoms with E-state index < -0.39 is 11.1 Å². The van der Waals surface area contributed by atoms with E-state index in [1.807, 2.05) is 32.6 Å². The molecule has 1 atom stereocenters. The van der Waals surface area contributed by atoms with Gasteiger partial charge in [0.1, 0.15) is 11.1 Å². The lowest BCUT2D eigenvalue weighted by Crippen LogP contribution is -2.76. The van der Waals surface area contributed by atoms with Crippen molar-refractivity contribution < 1.29 is 9.59 Å². The van der Waals surface area contributed by atoms with Crippen LogP contribution >= 0.6 is 0 Å². The monoisotopic (exact) mass is 282 g/mol. The van der Waals surface area contributed by atoms with Gasteiger partial charge in [0, 0.05) is 6.04 Å². The SMILES string of the molecule is CCC(CC)N1C(=O)C(CC)(CC)NC(=O)C1(C)CC. The van der Waals surface area contributed by atoms with Crippen LogP contribution in [-0.2, 0) is 9.59 Å². The van der Waals surface area contributed by atoms with Gasteiger partial charge in [0.15, 0.2) is 0 Å². The average molecular weight is 282 g/mol. The zero-order valence-corrected chi connectivity index (χ0v) is 13.9. The zero-order chi connectivity index (χ0) is 15.6. The smallest absolute Gasteiger partial charge is 0.249 e. The van der Waals surface area contributed by atoms with E-state index in [4.69, 9.17) is 0 Å². The fourth-order valence-electron chi connectivity index (χ4n) is 3.25. The Balaban J connectivity index is 3.35. The van der Waals surface area contributed by atoms with Gasteiger partial charge in [-0.2, -0.15) is 0 Å². The van der Waals surface area contributed by atoms with Gasteiger partial charge in [-0.15, -0.1) is 0 Å². The van der Waals surface area contributed by atoms with Crippen LogP contribution < -0.4 is 5.32 Å². The third-order valence-corrected chi connectivity index (χ3v) is 5.21. The van der Waals surface area contributed by atoms with Crippen LogP contribution in [0.15, 0.2) is 0 Å². The Morgan fingerprint density at radius 3 is 1.85 bits per heavy atom. The Bertz CT molecular complexity index is 373. The van der Waals surface area contributed by atoms with Crippen LogP contribution in [-0.4, -0.2) is 33.8 Å². The van der Waals surface area contributed by atoms with E-state index in [9.17, 15) is 9.59 Å². The van der Waals surface area contributed by atoms with E-state index in [-0.39, 0.29) is 17.9 Å². The van der Waals surface area contributed by atoms with Gasteiger partial charge in [0.25, 0.3) is 0 Å². The molecule has 1 aliphatic heterocycles. The maximum Gasteiger partial charge on any atom is 0.249 e. The number of hydrogen-bond acceptors (Lipinski definition) is 2. The Labute approximate surface area is 123 Å². The molecule has 0 aromatic heterocycles. The van der Waals surface area contributed by atoms with Crippen molar-refractivity contribution in [3.63, 3.8) is 0 Å². The predicted molar refractivity (Wildman–Crippen MR) is 81.4 cm³/mol. The lowest BCUT2D eigenvalue weighted by atomic mass is 9.80. The molecular weight excluding hydrogens is 252 g/mol. The van der Waals surface area contributed by atoms with Crippen LogP contribution in [0, 0.1) is 0 Å². The molecule has 0 spiro atoms. The number of nitrogens with one attached hydrogen (secondary N) is 1. The first-order valence-corrected chi connectivity index (χ1v) is 8.03. The van der Waals surface area contributed by atoms with E-state index in [0.29, 0.717) is 19.3 Å². The van der Waals surface area contributed by atoms with Gasteiger partial charge in [0.2, 0.25) is 11.8 Å². The molecule has 20 heavy (non-hydrogen) atoms. The molecular formula is C16H30N2O2. The molecule has 0 aromatic rings. The lowest BCUT2D eigenvalue weighted by molar-refractivity contribution is -0.167. The summed E-state index contributed by atoms with van der Waals surface area (Å²) in [6.07, 6.45) is 3.70. The molecule has 0 saturated carbocycles. The molecule has 0 aromatic carbocycles. The fraction of sp³-hybridized carbons (Fsp3) is 0.875. The summed E-state index contributed by atoms with van der Waals surface area (Å²) in [5.74, 6) is 0.0929. The van der Waals surface area contributed by atoms with Crippen molar-refractivity contribution in [2.45, 2.75) is 90.8 Å². The van der Waals surface area contributed by atoms with Crippen LogP contribution in [0.2, 0.25) is 0 Å². The van der Waals surface area contributed by atoms with Crippen molar-refractivity contribution in [3.8, 4) is 0 Å². The summed E-state index contributed by atoms with van der Waals surface area (Å²) >= 11 is 0. The molecule has 1 heterocycles. The minimum atomic E-state index is -0.721. The molecule has 0 bridgehead atoms. The first kappa shape index (κ1) is 17.0. The third-order valence-electron chi connectivity index (χ3n) is 5.21. The summed E-state index contributed by atoms with van der Waals surface area (Å²) in [5, 5.41) is 3.02. The highest BCUT2D eigenvalue weighted by molar-refractivity contribution is 6.02. The van der Waals surface area contributed by atoms with Crippen molar-refractivity contribution in [3.05, 3.63) is 0 Å². The predicted octanol–water partition coefficient (Wildman–Crippen LogP) is 2.86. The van der Waals surface area contributed by atoms with E-state index >= 15 is 0 Å². The fourth-order valence-corrected chi connectivity index (χ4v) is 3.25. The van der Waals surface area contributed by atoms with Crippen LogP contribution in [0.4, 0.5) is 0 Å². The summed E-state index contributed by atoms with van der Waals surface area (Å²) in [6.45, 7) is 12.0. The maximum absolute atomic E-state index is 13.1. The molecule has 1 N–H and O–H groups in total. The lowest BCUT2D eigenvalue weighted by Gasteiger charge is -2.53. The van der Waals surface area contributed by atoms with E-state index in [0.717, 1.165) is 12.8 Å². The molecule has 2 amide bonds. The van der Waals surface area contributed by atoms with Crippen molar-refractivity contribution in [1.29, 1.82) is 0 Å². The standard InChI is InChI=1S/C16H30N2O2/c1-7-12(8-2)18-14(20)16(10-4,11-5)17-13(19)15(18,6)9-3/h12H,7-11H2,1-6H3,(H,17,19). The molecule has 4 heteroatoms. The number of amides is 2.